The van der Waals surface area contributed by atoms with Crippen molar-refractivity contribution in [2.75, 3.05) is 5.32 Å². The number of aryl methyl sites for hydroxylation is 1. The Kier molecular flexibility index (Phi) is 4.36. The molecule has 23 heavy (non-hydrogen) atoms. The number of nitrogens with zero attached hydrogens (tertiary/aromatic N) is 3. The van der Waals surface area contributed by atoms with E-state index in [0.29, 0.717) is 5.02 Å². The lowest BCUT2D eigenvalue weighted by Gasteiger charge is -2.02. The zero-order valence-electron chi connectivity index (χ0n) is 12.5. The van der Waals surface area contributed by atoms with Gasteiger partial charge in [0.15, 0.2) is 0 Å². The summed E-state index contributed by atoms with van der Waals surface area (Å²) >= 11 is 7.46. The Bertz CT molecular complexity index is 861. The van der Waals surface area contributed by atoms with Crippen molar-refractivity contribution >= 4 is 34.8 Å². The molecule has 2 heterocycles. The van der Waals surface area contributed by atoms with Crippen LogP contribution in [0.15, 0.2) is 36.5 Å². The van der Waals surface area contributed by atoms with E-state index in [1.54, 1.807) is 23.6 Å². The minimum atomic E-state index is -0.204. The van der Waals surface area contributed by atoms with E-state index in [1.807, 2.05) is 31.2 Å². The van der Waals surface area contributed by atoms with Crippen LogP contribution in [0.4, 0.5) is 5.95 Å². The standard InChI is InChI=1S/C16H13ClN4OS/c1-9-14(13-7-8-18-16(21-13)20-10(2)22)23-15(19-9)11-3-5-12(17)6-4-11/h3-8H,1-2H3,(H,18,20,21,22). The molecular formula is C16H13ClN4OS. The molecule has 116 valence electrons. The number of rotatable bonds is 3. The third-order valence-corrected chi connectivity index (χ3v) is 4.54. The van der Waals surface area contributed by atoms with Gasteiger partial charge in [-0.3, -0.25) is 10.1 Å². The minimum Gasteiger partial charge on any atom is -0.295 e. The molecule has 0 aliphatic rings. The normalized spacial score (nSPS) is 10.6. The third-order valence-electron chi connectivity index (χ3n) is 3.06. The van der Waals surface area contributed by atoms with Crippen LogP contribution in [0.2, 0.25) is 5.02 Å². The summed E-state index contributed by atoms with van der Waals surface area (Å²) < 4.78 is 0. The largest absolute Gasteiger partial charge is 0.295 e. The summed E-state index contributed by atoms with van der Waals surface area (Å²) in [5.41, 5.74) is 2.62. The first-order valence-corrected chi connectivity index (χ1v) is 8.07. The fourth-order valence-corrected chi connectivity index (χ4v) is 3.22. The zero-order chi connectivity index (χ0) is 16.4. The molecule has 3 rings (SSSR count). The number of nitrogens with one attached hydrogen (secondary N) is 1. The predicted molar refractivity (Wildman–Crippen MR) is 92.6 cm³/mol. The van der Waals surface area contributed by atoms with Gasteiger partial charge in [-0.1, -0.05) is 23.7 Å². The highest BCUT2D eigenvalue weighted by atomic mass is 35.5. The van der Waals surface area contributed by atoms with Crippen LogP contribution in [0.3, 0.4) is 0 Å². The van der Waals surface area contributed by atoms with Gasteiger partial charge >= 0.3 is 0 Å². The Morgan fingerprint density at radius 2 is 1.91 bits per heavy atom. The van der Waals surface area contributed by atoms with Crippen molar-refractivity contribution in [3.63, 3.8) is 0 Å². The molecule has 0 spiro atoms. The van der Waals surface area contributed by atoms with Gasteiger partial charge in [-0.15, -0.1) is 11.3 Å². The molecule has 3 aromatic rings. The van der Waals surface area contributed by atoms with Crippen molar-refractivity contribution in [3.8, 4) is 21.1 Å². The smallest absolute Gasteiger partial charge is 0.229 e. The number of aromatic nitrogens is 3. The van der Waals surface area contributed by atoms with E-state index in [-0.39, 0.29) is 11.9 Å². The maximum atomic E-state index is 11.1. The molecule has 2 aromatic heterocycles. The van der Waals surface area contributed by atoms with Crippen molar-refractivity contribution in [2.24, 2.45) is 0 Å². The lowest BCUT2D eigenvalue weighted by atomic mass is 10.2. The lowest BCUT2D eigenvalue weighted by molar-refractivity contribution is -0.114. The van der Waals surface area contributed by atoms with Gasteiger partial charge in [-0.25, -0.2) is 15.0 Å². The summed E-state index contributed by atoms with van der Waals surface area (Å²) in [5, 5.41) is 4.18. The van der Waals surface area contributed by atoms with Crippen LogP contribution in [0, 0.1) is 6.92 Å². The molecule has 0 atom stereocenters. The van der Waals surface area contributed by atoms with E-state index in [9.17, 15) is 4.79 Å². The summed E-state index contributed by atoms with van der Waals surface area (Å²) in [4.78, 5) is 25.1. The molecule has 0 unspecified atom stereocenters. The lowest BCUT2D eigenvalue weighted by Crippen LogP contribution is -2.09. The highest BCUT2D eigenvalue weighted by molar-refractivity contribution is 7.18. The van der Waals surface area contributed by atoms with Gasteiger partial charge in [-0.05, 0) is 25.1 Å². The summed E-state index contributed by atoms with van der Waals surface area (Å²) in [7, 11) is 0. The number of hydrogen-bond donors (Lipinski definition) is 1. The number of halogens is 1. The predicted octanol–water partition coefficient (Wildman–Crippen LogP) is 4.19. The summed E-state index contributed by atoms with van der Waals surface area (Å²) in [6.45, 7) is 3.36. The number of anilines is 1. The molecule has 0 aliphatic carbocycles. The fraction of sp³-hybridized carbons (Fsp3) is 0.125. The molecule has 0 bridgehead atoms. The van der Waals surface area contributed by atoms with Crippen LogP contribution in [0.1, 0.15) is 12.6 Å². The van der Waals surface area contributed by atoms with E-state index in [1.165, 1.54) is 6.92 Å². The molecule has 7 heteroatoms. The molecule has 1 N–H and O–H groups in total. The Labute approximate surface area is 142 Å². The number of amides is 1. The number of carbonyl (C=O) groups excluding carboxylic acids is 1. The Balaban J connectivity index is 1.98. The van der Waals surface area contributed by atoms with Crippen molar-refractivity contribution in [3.05, 3.63) is 47.2 Å². The average Bonchev–Trinajstić information content (AvgIpc) is 2.89. The van der Waals surface area contributed by atoms with Crippen molar-refractivity contribution in [2.45, 2.75) is 13.8 Å². The molecule has 5 nitrogen and oxygen atoms in total. The molecule has 0 saturated carbocycles. The number of hydrogen-bond acceptors (Lipinski definition) is 5. The van der Waals surface area contributed by atoms with Crippen LogP contribution in [-0.2, 0) is 4.79 Å². The SMILES string of the molecule is CC(=O)Nc1nccc(-c2sc(-c3ccc(Cl)cc3)nc2C)n1. The number of thiazole rings is 1. The van der Waals surface area contributed by atoms with Gasteiger partial charge in [0.25, 0.3) is 0 Å². The van der Waals surface area contributed by atoms with Crippen LogP contribution >= 0.6 is 22.9 Å². The molecule has 0 radical (unpaired) electrons. The van der Waals surface area contributed by atoms with Crippen LogP contribution in [0.5, 0.6) is 0 Å². The van der Waals surface area contributed by atoms with E-state index in [0.717, 1.165) is 26.8 Å². The highest BCUT2D eigenvalue weighted by Crippen LogP contribution is 2.34. The second-order valence-electron chi connectivity index (χ2n) is 4.89. The third kappa shape index (κ3) is 3.55. The van der Waals surface area contributed by atoms with Gasteiger partial charge < -0.3 is 0 Å². The average molecular weight is 345 g/mol. The van der Waals surface area contributed by atoms with Crippen LogP contribution in [0.25, 0.3) is 21.1 Å². The second kappa shape index (κ2) is 6.44. The second-order valence-corrected chi connectivity index (χ2v) is 6.32. The first kappa shape index (κ1) is 15.6. The number of carbonyl (C=O) groups is 1. The fourth-order valence-electron chi connectivity index (χ4n) is 2.05. The van der Waals surface area contributed by atoms with Gasteiger partial charge in [0.1, 0.15) is 5.01 Å². The van der Waals surface area contributed by atoms with Crippen LogP contribution in [-0.4, -0.2) is 20.9 Å². The van der Waals surface area contributed by atoms with E-state index in [4.69, 9.17) is 11.6 Å². The summed E-state index contributed by atoms with van der Waals surface area (Å²) in [5.74, 6) is 0.0841. The van der Waals surface area contributed by atoms with Crippen molar-refractivity contribution < 1.29 is 4.79 Å². The quantitative estimate of drug-likeness (QED) is 0.773. The zero-order valence-corrected chi connectivity index (χ0v) is 14.1. The van der Waals surface area contributed by atoms with Crippen molar-refractivity contribution in [1.29, 1.82) is 0 Å². The molecule has 0 saturated heterocycles. The first-order valence-electron chi connectivity index (χ1n) is 6.87. The minimum absolute atomic E-state index is 0.204. The Hall–Kier alpha value is -2.31. The maximum Gasteiger partial charge on any atom is 0.229 e. The number of benzene rings is 1. The monoisotopic (exact) mass is 344 g/mol. The molecule has 0 fully saturated rings. The molecular weight excluding hydrogens is 332 g/mol. The highest BCUT2D eigenvalue weighted by Gasteiger charge is 2.13. The summed E-state index contributed by atoms with van der Waals surface area (Å²) in [6, 6.07) is 9.36. The molecule has 0 aliphatic heterocycles. The van der Waals surface area contributed by atoms with Gasteiger partial charge in [0, 0.05) is 23.7 Å². The van der Waals surface area contributed by atoms with Gasteiger partial charge in [0.2, 0.25) is 11.9 Å². The molecule has 1 amide bonds. The molecule has 1 aromatic carbocycles. The van der Waals surface area contributed by atoms with Gasteiger partial charge in [0.05, 0.1) is 16.3 Å². The van der Waals surface area contributed by atoms with E-state index < -0.39 is 0 Å². The van der Waals surface area contributed by atoms with E-state index in [2.05, 4.69) is 20.3 Å². The summed E-state index contributed by atoms with van der Waals surface area (Å²) in [6.07, 6.45) is 1.62. The topological polar surface area (TPSA) is 67.8 Å². The van der Waals surface area contributed by atoms with Crippen LogP contribution < -0.4 is 5.32 Å². The van der Waals surface area contributed by atoms with Gasteiger partial charge in [-0.2, -0.15) is 0 Å². The van der Waals surface area contributed by atoms with E-state index >= 15 is 0 Å². The maximum absolute atomic E-state index is 11.1. The van der Waals surface area contributed by atoms with Crippen molar-refractivity contribution in [1.82, 2.24) is 15.0 Å². The first-order chi connectivity index (χ1) is 11.0. The Morgan fingerprint density at radius 1 is 1.17 bits per heavy atom. The Morgan fingerprint density at radius 3 is 2.61 bits per heavy atom.